The van der Waals surface area contributed by atoms with Gasteiger partial charge in [0.25, 0.3) is 0 Å². The highest BCUT2D eigenvalue weighted by atomic mass is 14.6. The lowest BCUT2D eigenvalue weighted by Crippen LogP contribution is -1.93. The number of hydrogen-bond acceptors (Lipinski definition) is 1. The summed E-state index contributed by atoms with van der Waals surface area (Å²) in [5.74, 6) is 0. The summed E-state index contributed by atoms with van der Waals surface area (Å²) in [6.07, 6.45) is 2.09. The van der Waals surface area contributed by atoms with E-state index < -0.39 is 0 Å². The number of anilines is 1. The molecule has 0 saturated carbocycles. The lowest BCUT2D eigenvalue weighted by Gasteiger charge is -2.03. The average molecular weight is 149 g/mol. The summed E-state index contributed by atoms with van der Waals surface area (Å²) >= 11 is 0. The molecular formula is C10H15N. The van der Waals surface area contributed by atoms with E-state index in [2.05, 4.69) is 32.0 Å². The Balaban J connectivity index is 2.99. The lowest BCUT2D eigenvalue weighted by molar-refractivity contribution is 1.10. The molecule has 0 saturated heterocycles. The molecule has 0 aliphatic heterocycles. The van der Waals surface area contributed by atoms with Gasteiger partial charge in [0, 0.05) is 5.69 Å². The molecule has 0 heterocycles. The lowest BCUT2D eigenvalue weighted by atomic mass is 10.1. The Bertz CT molecular complexity index is 241. The number of hydrogen-bond donors (Lipinski definition) is 1. The summed E-state index contributed by atoms with van der Waals surface area (Å²) in [7, 11) is 0. The van der Waals surface area contributed by atoms with E-state index >= 15 is 0 Å². The normalized spacial score (nSPS) is 10.0. The summed E-state index contributed by atoms with van der Waals surface area (Å²) in [6.45, 7) is 4.26. The zero-order valence-electron chi connectivity index (χ0n) is 7.22. The van der Waals surface area contributed by atoms with Gasteiger partial charge in [-0.2, -0.15) is 0 Å². The Morgan fingerprint density at radius 1 is 1.18 bits per heavy atom. The van der Waals surface area contributed by atoms with Gasteiger partial charge >= 0.3 is 0 Å². The average Bonchev–Trinajstić information content (AvgIpc) is 2.04. The van der Waals surface area contributed by atoms with Crippen molar-refractivity contribution in [3.05, 3.63) is 29.3 Å². The summed E-state index contributed by atoms with van der Waals surface area (Å²) in [5.41, 5.74) is 9.32. The Hall–Kier alpha value is -0.980. The molecule has 0 aliphatic rings. The maximum absolute atomic E-state index is 5.81. The maximum Gasteiger partial charge on any atom is 0.0349 e. The van der Waals surface area contributed by atoms with E-state index in [-0.39, 0.29) is 0 Å². The van der Waals surface area contributed by atoms with E-state index in [1.807, 2.05) is 0 Å². The predicted octanol–water partition coefficient (Wildman–Crippen LogP) is 2.39. The molecule has 2 N–H and O–H groups in total. The number of aryl methyl sites for hydroxylation is 2. The first-order valence-corrected chi connectivity index (χ1v) is 4.15. The summed E-state index contributed by atoms with van der Waals surface area (Å²) in [4.78, 5) is 0. The third-order valence-electron chi connectivity index (χ3n) is 2.00. The molecule has 11 heavy (non-hydrogen) atoms. The molecule has 0 spiro atoms. The van der Waals surface area contributed by atoms with E-state index in [0.29, 0.717) is 0 Å². The van der Waals surface area contributed by atoms with Gasteiger partial charge in [0.15, 0.2) is 0 Å². The van der Waals surface area contributed by atoms with E-state index in [1.54, 1.807) is 0 Å². The highest BCUT2D eigenvalue weighted by Gasteiger charge is 1.96. The Morgan fingerprint density at radius 2 is 1.91 bits per heavy atom. The summed E-state index contributed by atoms with van der Waals surface area (Å²) in [6, 6.07) is 6.34. The van der Waals surface area contributed by atoms with Crippen LogP contribution in [0.15, 0.2) is 18.2 Å². The second-order valence-corrected chi connectivity index (χ2v) is 2.74. The first kappa shape index (κ1) is 8.12. The molecule has 0 aromatic heterocycles. The van der Waals surface area contributed by atoms with Gasteiger partial charge in [0.1, 0.15) is 0 Å². The minimum atomic E-state index is 0.937. The van der Waals surface area contributed by atoms with Crippen LogP contribution in [0.25, 0.3) is 0 Å². The van der Waals surface area contributed by atoms with Gasteiger partial charge in [-0.15, -0.1) is 0 Å². The van der Waals surface area contributed by atoms with Crippen molar-refractivity contribution in [3.63, 3.8) is 0 Å². The molecule has 1 rings (SSSR count). The van der Waals surface area contributed by atoms with Crippen LogP contribution in [0.2, 0.25) is 0 Å². The third-order valence-corrected chi connectivity index (χ3v) is 2.00. The van der Waals surface area contributed by atoms with Gasteiger partial charge in [0.2, 0.25) is 0 Å². The topological polar surface area (TPSA) is 26.0 Å². The Morgan fingerprint density at radius 3 is 2.36 bits per heavy atom. The molecule has 0 bridgehead atoms. The molecule has 1 nitrogen and oxygen atoms in total. The van der Waals surface area contributed by atoms with E-state index in [0.717, 1.165) is 18.5 Å². The number of benzene rings is 1. The second-order valence-electron chi connectivity index (χ2n) is 2.74. The van der Waals surface area contributed by atoms with Crippen LogP contribution in [-0.4, -0.2) is 0 Å². The van der Waals surface area contributed by atoms with Crippen molar-refractivity contribution >= 4 is 5.69 Å². The van der Waals surface area contributed by atoms with Crippen LogP contribution in [0.5, 0.6) is 0 Å². The molecule has 60 valence electrons. The van der Waals surface area contributed by atoms with Crippen LogP contribution in [0.4, 0.5) is 5.69 Å². The van der Waals surface area contributed by atoms with Gasteiger partial charge in [0.05, 0.1) is 0 Å². The molecule has 0 atom stereocenters. The van der Waals surface area contributed by atoms with Crippen molar-refractivity contribution in [1.29, 1.82) is 0 Å². The molecule has 0 fully saturated rings. The molecule has 0 aliphatic carbocycles. The van der Waals surface area contributed by atoms with E-state index in [4.69, 9.17) is 5.73 Å². The molecule has 0 unspecified atom stereocenters. The minimum Gasteiger partial charge on any atom is -0.398 e. The van der Waals surface area contributed by atoms with Crippen molar-refractivity contribution in [3.8, 4) is 0 Å². The highest BCUT2D eigenvalue weighted by Crippen LogP contribution is 2.14. The van der Waals surface area contributed by atoms with Gasteiger partial charge in [-0.05, 0) is 30.0 Å². The molecule has 1 aromatic carbocycles. The standard InChI is InChI=1S/C10H15N/c1-3-8-5-6-9(4-2)10(11)7-8/h5-7H,3-4,11H2,1-2H3. The molecule has 1 aromatic rings. The van der Waals surface area contributed by atoms with Crippen molar-refractivity contribution in [2.45, 2.75) is 26.7 Å². The number of nitrogen functional groups attached to an aromatic ring is 1. The van der Waals surface area contributed by atoms with Crippen LogP contribution < -0.4 is 5.73 Å². The second kappa shape index (κ2) is 3.42. The Kier molecular flexibility index (Phi) is 2.53. The van der Waals surface area contributed by atoms with E-state index in [1.165, 1.54) is 11.1 Å². The summed E-state index contributed by atoms with van der Waals surface area (Å²) in [5, 5.41) is 0. The van der Waals surface area contributed by atoms with Crippen molar-refractivity contribution < 1.29 is 0 Å². The van der Waals surface area contributed by atoms with Gasteiger partial charge in [-0.3, -0.25) is 0 Å². The fourth-order valence-corrected chi connectivity index (χ4v) is 1.19. The molecule has 0 radical (unpaired) electrons. The van der Waals surface area contributed by atoms with Crippen LogP contribution >= 0.6 is 0 Å². The van der Waals surface area contributed by atoms with E-state index in [9.17, 15) is 0 Å². The smallest absolute Gasteiger partial charge is 0.0349 e. The first-order chi connectivity index (χ1) is 5.27. The zero-order chi connectivity index (χ0) is 8.27. The molecular weight excluding hydrogens is 134 g/mol. The van der Waals surface area contributed by atoms with Crippen LogP contribution in [0.3, 0.4) is 0 Å². The predicted molar refractivity (Wildman–Crippen MR) is 49.6 cm³/mol. The van der Waals surface area contributed by atoms with Crippen LogP contribution in [0.1, 0.15) is 25.0 Å². The first-order valence-electron chi connectivity index (χ1n) is 4.15. The summed E-state index contributed by atoms with van der Waals surface area (Å²) < 4.78 is 0. The SMILES string of the molecule is CCc1ccc(CC)c(N)c1. The molecule has 0 amide bonds. The largest absolute Gasteiger partial charge is 0.398 e. The number of rotatable bonds is 2. The van der Waals surface area contributed by atoms with Crippen LogP contribution in [-0.2, 0) is 12.8 Å². The number of nitrogens with two attached hydrogens (primary N) is 1. The van der Waals surface area contributed by atoms with Gasteiger partial charge in [-0.25, -0.2) is 0 Å². The fraction of sp³-hybridized carbons (Fsp3) is 0.400. The van der Waals surface area contributed by atoms with Gasteiger partial charge in [-0.1, -0.05) is 26.0 Å². The highest BCUT2D eigenvalue weighted by molar-refractivity contribution is 5.49. The van der Waals surface area contributed by atoms with Gasteiger partial charge < -0.3 is 5.73 Å². The third kappa shape index (κ3) is 1.73. The Labute approximate surface area is 68.2 Å². The van der Waals surface area contributed by atoms with Crippen molar-refractivity contribution in [2.75, 3.05) is 5.73 Å². The monoisotopic (exact) mass is 149 g/mol. The molecule has 1 heteroatoms. The fourth-order valence-electron chi connectivity index (χ4n) is 1.19. The zero-order valence-corrected chi connectivity index (χ0v) is 7.22. The van der Waals surface area contributed by atoms with Crippen LogP contribution in [0, 0.1) is 0 Å². The van der Waals surface area contributed by atoms with Crippen molar-refractivity contribution in [2.24, 2.45) is 0 Å². The minimum absolute atomic E-state index is 0.937. The maximum atomic E-state index is 5.81. The van der Waals surface area contributed by atoms with Crippen molar-refractivity contribution in [1.82, 2.24) is 0 Å². The quantitative estimate of drug-likeness (QED) is 0.642.